The van der Waals surface area contributed by atoms with E-state index in [2.05, 4.69) is 10.4 Å². The molecule has 0 saturated heterocycles. The Labute approximate surface area is 109 Å². The third-order valence-electron chi connectivity index (χ3n) is 2.75. The number of nitrogens with zero attached hydrogens (tertiary/aromatic N) is 3. The van der Waals surface area contributed by atoms with Gasteiger partial charge in [0, 0.05) is 36.6 Å². The molecule has 1 unspecified atom stereocenters. The minimum absolute atomic E-state index is 0.0745. The summed E-state index contributed by atoms with van der Waals surface area (Å²) < 4.78 is 15.1. The van der Waals surface area contributed by atoms with E-state index in [1.54, 1.807) is 10.9 Å². The summed E-state index contributed by atoms with van der Waals surface area (Å²) >= 11 is 0. The average Bonchev–Trinajstić information content (AvgIpc) is 2.75. The van der Waals surface area contributed by atoms with E-state index in [4.69, 9.17) is 0 Å². The maximum atomic E-state index is 13.5. The largest absolute Gasteiger partial charge is 0.378 e. The van der Waals surface area contributed by atoms with Gasteiger partial charge in [-0.3, -0.25) is 14.8 Å². The molecular formula is C12H13FN4O2. The van der Waals surface area contributed by atoms with Crippen LogP contribution in [0.25, 0.3) is 0 Å². The molecule has 1 N–H and O–H groups in total. The lowest BCUT2D eigenvalue weighted by atomic mass is 10.1. The van der Waals surface area contributed by atoms with Crippen molar-refractivity contribution in [3.05, 3.63) is 52.1 Å². The van der Waals surface area contributed by atoms with Gasteiger partial charge in [-0.2, -0.15) is 9.49 Å². The first-order valence-electron chi connectivity index (χ1n) is 5.66. The number of hydrogen-bond donors (Lipinski definition) is 1. The van der Waals surface area contributed by atoms with Gasteiger partial charge >= 0.3 is 5.69 Å². The first-order chi connectivity index (χ1) is 8.97. The fraction of sp³-hybridized carbons (Fsp3) is 0.250. The zero-order valence-corrected chi connectivity index (χ0v) is 10.5. The van der Waals surface area contributed by atoms with Gasteiger partial charge in [0.05, 0.1) is 17.2 Å². The molecule has 2 aromatic rings. The number of nitro groups is 1. The second-order valence-corrected chi connectivity index (χ2v) is 4.24. The summed E-state index contributed by atoms with van der Waals surface area (Å²) in [5.74, 6) is -0.853. The molecule has 0 radical (unpaired) electrons. The number of aryl methyl sites for hydroxylation is 1. The highest BCUT2D eigenvalue weighted by molar-refractivity contribution is 5.50. The van der Waals surface area contributed by atoms with Crippen LogP contribution < -0.4 is 5.32 Å². The van der Waals surface area contributed by atoms with Crippen LogP contribution in [0, 0.1) is 15.9 Å². The summed E-state index contributed by atoms with van der Waals surface area (Å²) in [4.78, 5) is 9.77. The van der Waals surface area contributed by atoms with Gasteiger partial charge < -0.3 is 5.32 Å². The molecule has 6 nitrogen and oxygen atoms in total. The molecule has 100 valence electrons. The van der Waals surface area contributed by atoms with Crippen LogP contribution in [0.5, 0.6) is 0 Å². The Hall–Kier alpha value is -2.44. The molecular weight excluding hydrogens is 251 g/mol. The number of nitro benzene ring substituents is 1. The molecule has 0 aliphatic rings. The topological polar surface area (TPSA) is 73.0 Å². The van der Waals surface area contributed by atoms with Crippen molar-refractivity contribution < 1.29 is 9.31 Å². The Morgan fingerprint density at radius 1 is 1.53 bits per heavy atom. The highest BCUT2D eigenvalue weighted by Crippen LogP contribution is 2.24. The number of aromatic nitrogens is 2. The summed E-state index contributed by atoms with van der Waals surface area (Å²) in [7, 11) is 1.81. The monoisotopic (exact) mass is 264 g/mol. The SMILES string of the molecule is CC(Nc1ccc([N+](=O)[O-])c(F)c1)c1cnn(C)c1. The van der Waals surface area contributed by atoms with Crippen molar-refractivity contribution in [1.29, 1.82) is 0 Å². The van der Waals surface area contributed by atoms with Crippen molar-refractivity contribution >= 4 is 11.4 Å². The first kappa shape index (κ1) is 13.0. The molecule has 0 saturated carbocycles. The van der Waals surface area contributed by atoms with Crippen molar-refractivity contribution in [1.82, 2.24) is 9.78 Å². The van der Waals surface area contributed by atoms with Crippen LogP contribution >= 0.6 is 0 Å². The number of nitrogens with one attached hydrogen (secondary N) is 1. The third kappa shape index (κ3) is 2.87. The summed E-state index contributed by atoms with van der Waals surface area (Å²) in [6.07, 6.45) is 3.55. The third-order valence-corrected chi connectivity index (χ3v) is 2.75. The zero-order chi connectivity index (χ0) is 14.0. The summed E-state index contributed by atoms with van der Waals surface area (Å²) in [6.45, 7) is 1.90. The predicted octanol–water partition coefficient (Wildman–Crippen LogP) is 2.64. The lowest BCUT2D eigenvalue weighted by molar-refractivity contribution is -0.387. The molecule has 1 heterocycles. The Morgan fingerprint density at radius 3 is 2.79 bits per heavy atom. The number of benzene rings is 1. The maximum absolute atomic E-state index is 13.5. The van der Waals surface area contributed by atoms with Crippen LogP contribution in [-0.2, 0) is 7.05 Å². The molecule has 0 amide bonds. The fourth-order valence-corrected chi connectivity index (χ4v) is 1.74. The van der Waals surface area contributed by atoms with E-state index in [1.807, 2.05) is 20.2 Å². The van der Waals surface area contributed by atoms with Gasteiger partial charge in [-0.05, 0) is 13.0 Å². The Balaban J connectivity index is 2.15. The standard InChI is InChI=1S/C12H13FN4O2/c1-8(9-6-14-16(2)7-9)15-10-3-4-12(17(18)19)11(13)5-10/h3-8,15H,1-2H3. The van der Waals surface area contributed by atoms with Gasteiger partial charge in [0.15, 0.2) is 0 Å². The summed E-state index contributed by atoms with van der Waals surface area (Å²) in [5.41, 5.74) is 0.903. The quantitative estimate of drug-likeness (QED) is 0.680. The zero-order valence-electron chi connectivity index (χ0n) is 10.5. The van der Waals surface area contributed by atoms with Crippen LogP contribution in [0.4, 0.5) is 15.8 Å². The minimum atomic E-state index is -0.853. The van der Waals surface area contributed by atoms with Crippen LogP contribution in [0.2, 0.25) is 0 Å². The van der Waals surface area contributed by atoms with Crippen LogP contribution in [0.15, 0.2) is 30.6 Å². The van der Waals surface area contributed by atoms with E-state index in [0.717, 1.165) is 17.7 Å². The molecule has 1 aromatic heterocycles. The Bertz CT molecular complexity index is 612. The van der Waals surface area contributed by atoms with Crippen molar-refractivity contribution in [3.63, 3.8) is 0 Å². The highest BCUT2D eigenvalue weighted by atomic mass is 19.1. The maximum Gasteiger partial charge on any atom is 0.304 e. The number of halogens is 1. The highest BCUT2D eigenvalue weighted by Gasteiger charge is 2.15. The number of anilines is 1. The van der Waals surface area contributed by atoms with Crippen LogP contribution in [0.3, 0.4) is 0 Å². The Morgan fingerprint density at radius 2 is 2.26 bits per heavy atom. The molecule has 0 fully saturated rings. The van der Waals surface area contributed by atoms with E-state index in [1.165, 1.54) is 6.07 Å². The predicted molar refractivity (Wildman–Crippen MR) is 68.3 cm³/mol. The van der Waals surface area contributed by atoms with Crippen molar-refractivity contribution in [2.45, 2.75) is 13.0 Å². The average molecular weight is 264 g/mol. The molecule has 0 aliphatic heterocycles. The van der Waals surface area contributed by atoms with E-state index in [-0.39, 0.29) is 6.04 Å². The van der Waals surface area contributed by atoms with E-state index in [9.17, 15) is 14.5 Å². The van der Waals surface area contributed by atoms with E-state index < -0.39 is 16.4 Å². The molecule has 0 spiro atoms. The molecule has 1 aromatic carbocycles. The van der Waals surface area contributed by atoms with Gasteiger partial charge in [-0.1, -0.05) is 0 Å². The molecule has 2 rings (SSSR count). The number of rotatable bonds is 4. The van der Waals surface area contributed by atoms with Gasteiger partial charge in [-0.25, -0.2) is 0 Å². The van der Waals surface area contributed by atoms with Crippen LogP contribution in [-0.4, -0.2) is 14.7 Å². The fourth-order valence-electron chi connectivity index (χ4n) is 1.74. The minimum Gasteiger partial charge on any atom is -0.378 e. The van der Waals surface area contributed by atoms with Gasteiger partial charge in [0.25, 0.3) is 0 Å². The van der Waals surface area contributed by atoms with E-state index in [0.29, 0.717) is 5.69 Å². The normalized spacial score (nSPS) is 12.2. The molecule has 0 aliphatic carbocycles. The van der Waals surface area contributed by atoms with Gasteiger partial charge in [-0.15, -0.1) is 0 Å². The molecule has 1 atom stereocenters. The van der Waals surface area contributed by atoms with E-state index >= 15 is 0 Å². The van der Waals surface area contributed by atoms with Crippen molar-refractivity contribution in [3.8, 4) is 0 Å². The molecule has 19 heavy (non-hydrogen) atoms. The summed E-state index contributed by atoms with van der Waals surface area (Å²) in [5, 5.41) is 17.6. The second-order valence-electron chi connectivity index (χ2n) is 4.24. The lowest BCUT2D eigenvalue weighted by Crippen LogP contribution is -2.06. The van der Waals surface area contributed by atoms with Crippen LogP contribution in [0.1, 0.15) is 18.5 Å². The number of hydrogen-bond acceptors (Lipinski definition) is 4. The van der Waals surface area contributed by atoms with Crippen molar-refractivity contribution in [2.75, 3.05) is 5.32 Å². The smallest absolute Gasteiger partial charge is 0.304 e. The van der Waals surface area contributed by atoms with Gasteiger partial charge in [0.2, 0.25) is 5.82 Å². The second kappa shape index (κ2) is 5.05. The lowest BCUT2D eigenvalue weighted by Gasteiger charge is -2.13. The van der Waals surface area contributed by atoms with Crippen molar-refractivity contribution in [2.24, 2.45) is 7.05 Å². The first-order valence-corrected chi connectivity index (χ1v) is 5.66. The molecule has 7 heteroatoms. The summed E-state index contributed by atoms with van der Waals surface area (Å²) in [6, 6.07) is 3.67. The Kier molecular flexibility index (Phi) is 3.46. The van der Waals surface area contributed by atoms with Gasteiger partial charge in [0.1, 0.15) is 0 Å². The molecule has 0 bridgehead atoms.